The van der Waals surface area contributed by atoms with Crippen LogP contribution in [0.15, 0.2) is 48.5 Å². The first kappa shape index (κ1) is 25.9. The lowest BCUT2D eigenvalue weighted by Gasteiger charge is -2.18. The van der Waals surface area contributed by atoms with Gasteiger partial charge in [0.15, 0.2) is 12.6 Å². The fourth-order valence-electron chi connectivity index (χ4n) is 2.66. The van der Waals surface area contributed by atoms with Gasteiger partial charge >= 0.3 is 17.7 Å². The van der Waals surface area contributed by atoms with Crippen LogP contribution in [-0.2, 0) is 25.4 Å². The predicted molar refractivity (Wildman–Crippen MR) is 113 cm³/mol. The molecule has 0 aliphatic carbocycles. The quantitative estimate of drug-likeness (QED) is 0.143. The fourth-order valence-corrected chi connectivity index (χ4v) is 4.14. The molecule has 0 aliphatic heterocycles. The maximum absolute atomic E-state index is 13.4. The van der Waals surface area contributed by atoms with Crippen molar-refractivity contribution in [1.29, 1.82) is 0 Å². The van der Waals surface area contributed by atoms with Crippen molar-refractivity contribution in [2.45, 2.75) is 25.3 Å². The van der Waals surface area contributed by atoms with Gasteiger partial charge in [0.25, 0.3) is 0 Å². The third-order valence-electron chi connectivity index (χ3n) is 4.37. The zero-order chi connectivity index (χ0) is 24.4. The van der Waals surface area contributed by atoms with Crippen LogP contribution in [0.3, 0.4) is 0 Å². The molecule has 11 nitrogen and oxygen atoms in total. The molecule has 1 unspecified atom stereocenters. The van der Waals surface area contributed by atoms with E-state index in [9.17, 15) is 38.7 Å². The normalized spacial score (nSPS) is 13.4. The van der Waals surface area contributed by atoms with Crippen molar-refractivity contribution in [3.63, 3.8) is 0 Å². The number of carbonyl (C=O) groups is 2. The van der Waals surface area contributed by atoms with Crippen LogP contribution in [0.1, 0.15) is 29.8 Å². The van der Waals surface area contributed by atoms with E-state index < -0.39 is 54.6 Å². The number of nitro groups is 1. The maximum atomic E-state index is 13.4. The van der Waals surface area contributed by atoms with Crippen LogP contribution in [0, 0.1) is 15.9 Å². The molecule has 0 aromatic heterocycles. The third kappa shape index (κ3) is 8.26. The van der Waals surface area contributed by atoms with E-state index in [0.717, 1.165) is 11.6 Å². The summed E-state index contributed by atoms with van der Waals surface area (Å²) < 4.78 is 35.5. The van der Waals surface area contributed by atoms with Crippen molar-refractivity contribution in [2.24, 2.45) is 0 Å². The van der Waals surface area contributed by atoms with Gasteiger partial charge in [0.1, 0.15) is 6.61 Å². The molecular weight excluding hydrogens is 462 g/mol. The number of nitrogens with zero attached hydrogens (tertiary/aromatic N) is 1. The van der Waals surface area contributed by atoms with Crippen LogP contribution in [0.5, 0.6) is 0 Å². The number of aliphatic hydroxyl groups is 1. The minimum Gasteiger partial charge on any atom is -0.445 e. The number of hydrogen-bond acceptors (Lipinski definition) is 8. The van der Waals surface area contributed by atoms with Gasteiger partial charge in [0.05, 0.1) is 4.92 Å². The number of esters is 1. The Morgan fingerprint density at radius 1 is 1.18 bits per heavy atom. The number of halogens is 1. The minimum atomic E-state index is -4.29. The number of hydrogen-bond donors (Lipinski definition) is 3. The van der Waals surface area contributed by atoms with Crippen molar-refractivity contribution in [3.8, 4) is 0 Å². The minimum absolute atomic E-state index is 0.0337. The number of carbonyl (C=O) groups excluding carboxylic acids is 2. The molecule has 2 aromatic rings. The molecule has 0 saturated carbocycles. The number of ether oxygens (including phenoxy) is 2. The van der Waals surface area contributed by atoms with Gasteiger partial charge in [-0.3, -0.25) is 24.8 Å². The molecule has 2 rings (SSSR count). The van der Waals surface area contributed by atoms with E-state index in [4.69, 9.17) is 9.47 Å². The van der Waals surface area contributed by atoms with Crippen molar-refractivity contribution in [3.05, 3.63) is 75.6 Å². The van der Waals surface area contributed by atoms with Crippen molar-refractivity contribution >= 4 is 25.1 Å². The first-order valence-corrected chi connectivity index (χ1v) is 11.5. The first-order chi connectivity index (χ1) is 15.6. The zero-order valence-electron chi connectivity index (χ0n) is 17.3. The monoisotopic (exact) mass is 484 g/mol. The lowest BCUT2D eigenvalue weighted by Crippen LogP contribution is -2.28. The molecule has 0 saturated heterocycles. The summed E-state index contributed by atoms with van der Waals surface area (Å²) in [7, 11) is -4.29. The summed E-state index contributed by atoms with van der Waals surface area (Å²) in [5.41, 5.74) is -0.463. The van der Waals surface area contributed by atoms with Crippen LogP contribution in [0.2, 0.25) is 0 Å². The number of nitrogens with one attached hydrogen (secondary N) is 1. The van der Waals surface area contributed by atoms with Crippen molar-refractivity contribution in [2.75, 3.05) is 12.9 Å². The number of aliphatic hydroxyl groups excluding tert-OH is 1. The van der Waals surface area contributed by atoms with E-state index in [1.54, 1.807) is 24.3 Å². The first-order valence-electron chi connectivity index (χ1n) is 9.63. The van der Waals surface area contributed by atoms with E-state index in [-0.39, 0.29) is 25.0 Å². The number of alkyl carbamates (subject to hydrolysis) is 1. The Bertz CT molecular complexity index is 1040. The number of rotatable bonds is 11. The van der Waals surface area contributed by atoms with E-state index in [2.05, 4.69) is 5.32 Å². The summed E-state index contributed by atoms with van der Waals surface area (Å²) >= 11 is 0. The van der Waals surface area contributed by atoms with Crippen LogP contribution in [0.25, 0.3) is 0 Å². The molecular formula is C20H22FN2O9P. The number of amides is 1. The van der Waals surface area contributed by atoms with Crippen molar-refractivity contribution < 1.29 is 42.9 Å². The standard InChI is InChI=1S/C20H22FN2O9P/c21-16-9-8-15(11-17(16)23(27)28)19(25)33(29,30)10-4-7-18(24)32-13-22-20(26)31-12-14-5-2-1-3-6-14/h1-3,5-6,8-9,11,19,25H,4,7,10,12-13H2,(H,22,26)(H,29,30)/t19-/m0/s1. The topological polar surface area (TPSA) is 165 Å². The molecule has 0 heterocycles. The summed E-state index contributed by atoms with van der Waals surface area (Å²) in [6.45, 7) is -0.433. The summed E-state index contributed by atoms with van der Waals surface area (Å²) in [6, 6.07) is 11.3. The Balaban J connectivity index is 1.72. The van der Waals surface area contributed by atoms with Gasteiger partial charge in [-0.25, -0.2) is 4.79 Å². The summed E-state index contributed by atoms with van der Waals surface area (Å²) in [6.07, 6.45) is -1.74. The van der Waals surface area contributed by atoms with Gasteiger partial charge < -0.3 is 19.5 Å². The van der Waals surface area contributed by atoms with Gasteiger partial charge in [-0.1, -0.05) is 36.4 Å². The molecule has 0 fully saturated rings. The SMILES string of the molecule is O=C(CCCP(=O)(O)[C@H](O)c1ccc(F)c([N+](=O)[O-])c1)OCNC(=O)OCc1ccccc1. The summed E-state index contributed by atoms with van der Waals surface area (Å²) in [5, 5.41) is 23.1. The van der Waals surface area contributed by atoms with Gasteiger partial charge in [-0.15, -0.1) is 0 Å². The lowest BCUT2D eigenvalue weighted by atomic mass is 10.2. The lowest BCUT2D eigenvalue weighted by molar-refractivity contribution is -0.387. The highest BCUT2D eigenvalue weighted by Crippen LogP contribution is 2.54. The molecule has 0 spiro atoms. The van der Waals surface area contributed by atoms with Crippen LogP contribution < -0.4 is 5.32 Å². The van der Waals surface area contributed by atoms with Gasteiger partial charge in [-0.2, -0.15) is 4.39 Å². The second-order valence-corrected chi connectivity index (χ2v) is 9.27. The van der Waals surface area contributed by atoms with E-state index >= 15 is 0 Å². The smallest absolute Gasteiger partial charge is 0.410 e. The number of nitro benzene ring substituents is 1. The molecule has 178 valence electrons. The summed E-state index contributed by atoms with van der Waals surface area (Å²) in [4.78, 5) is 43.1. The molecule has 13 heteroatoms. The molecule has 33 heavy (non-hydrogen) atoms. The molecule has 0 bridgehead atoms. The second-order valence-electron chi connectivity index (χ2n) is 6.82. The molecule has 1 amide bonds. The van der Waals surface area contributed by atoms with Crippen LogP contribution >= 0.6 is 7.37 Å². The predicted octanol–water partition coefficient (Wildman–Crippen LogP) is 3.20. The highest BCUT2D eigenvalue weighted by atomic mass is 31.2. The molecule has 2 aromatic carbocycles. The van der Waals surface area contributed by atoms with Crippen LogP contribution in [-0.4, -0.2) is 39.9 Å². The van der Waals surface area contributed by atoms with E-state index in [1.165, 1.54) is 0 Å². The van der Waals surface area contributed by atoms with E-state index in [0.29, 0.717) is 12.1 Å². The van der Waals surface area contributed by atoms with Crippen LogP contribution in [0.4, 0.5) is 14.9 Å². The Hall–Kier alpha value is -3.34. The molecule has 0 aliphatic rings. The van der Waals surface area contributed by atoms with Gasteiger partial charge in [-0.05, 0) is 23.6 Å². The second kappa shape index (κ2) is 12.0. The highest BCUT2D eigenvalue weighted by Gasteiger charge is 2.32. The largest absolute Gasteiger partial charge is 0.445 e. The average molecular weight is 484 g/mol. The molecule has 3 N–H and O–H groups in total. The molecule has 0 radical (unpaired) electrons. The Labute approximate surface area is 187 Å². The molecule has 2 atom stereocenters. The average Bonchev–Trinajstić information content (AvgIpc) is 2.78. The van der Waals surface area contributed by atoms with Crippen molar-refractivity contribution in [1.82, 2.24) is 5.32 Å². The third-order valence-corrected chi connectivity index (χ3v) is 6.39. The Morgan fingerprint density at radius 3 is 2.55 bits per heavy atom. The highest BCUT2D eigenvalue weighted by molar-refractivity contribution is 7.58. The van der Waals surface area contributed by atoms with Gasteiger partial charge in [0.2, 0.25) is 13.2 Å². The Kier molecular flexibility index (Phi) is 9.46. The maximum Gasteiger partial charge on any atom is 0.410 e. The summed E-state index contributed by atoms with van der Waals surface area (Å²) in [5.74, 6) is -3.91. The zero-order valence-corrected chi connectivity index (χ0v) is 18.2. The fraction of sp³-hybridized carbons (Fsp3) is 0.300. The van der Waals surface area contributed by atoms with Gasteiger partial charge in [0, 0.05) is 18.6 Å². The Morgan fingerprint density at radius 2 is 1.88 bits per heavy atom. The number of benzene rings is 2. The van der Waals surface area contributed by atoms with E-state index in [1.807, 2.05) is 6.07 Å².